The van der Waals surface area contributed by atoms with Gasteiger partial charge in [-0.3, -0.25) is 0 Å². The summed E-state index contributed by atoms with van der Waals surface area (Å²) in [6.45, 7) is 2.89. The second kappa shape index (κ2) is 5.85. The normalized spacial score (nSPS) is 20.4. The van der Waals surface area contributed by atoms with Crippen LogP contribution in [0.3, 0.4) is 0 Å². The van der Waals surface area contributed by atoms with Gasteiger partial charge in [0, 0.05) is 24.1 Å². The molecule has 4 nitrogen and oxygen atoms in total. The Labute approximate surface area is 121 Å². The number of alkyl halides is 1. The zero-order valence-electron chi connectivity index (χ0n) is 10.6. The van der Waals surface area contributed by atoms with Gasteiger partial charge in [0.2, 0.25) is 5.03 Å². The smallest absolute Gasteiger partial charge is 0.241 e. The van der Waals surface area contributed by atoms with Gasteiger partial charge in [0.25, 0.3) is 10.0 Å². The summed E-state index contributed by atoms with van der Waals surface area (Å²) >= 11 is 3.52. The molecular formula is C12H16BrFN2O2S. The number of rotatable bonds is 3. The highest BCUT2D eigenvalue weighted by atomic mass is 79.9. The molecule has 0 bridgehead atoms. The highest BCUT2D eigenvalue weighted by Crippen LogP contribution is 2.28. The highest BCUT2D eigenvalue weighted by Gasteiger charge is 2.33. The largest absolute Gasteiger partial charge is 0.263 e. The fourth-order valence-electron chi connectivity index (χ4n) is 2.26. The summed E-state index contributed by atoms with van der Waals surface area (Å²) in [4.78, 5) is 4.03. The first-order valence-electron chi connectivity index (χ1n) is 6.17. The predicted octanol–water partition coefficient (Wildman–Crippen LogP) is 2.40. The summed E-state index contributed by atoms with van der Waals surface area (Å²) in [5.74, 6) is -0.335. The molecule has 0 aromatic carbocycles. The van der Waals surface area contributed by atoms with Crippen LogP contribution in [0.4, 0.5) is 4.39 Å². The van der Waals surface area contributed by atoms with E-state index in [-0.39, 0.29) is 0 Å². The molecule has 1 aromatic heterocycles. The lowest BCUT2D eigenvalue weighted by Crippen LogP contribution is -2.40. The van der Waals surface area contributed by atoms with Gasteiger partial charge in [-0.2, -0.15) is 4.31 Å². The van der Waals surface area contributed by atoms with Crippen molar-refractivity contribution in [3.63, 3.8) is 0 Å². The molecule has 1 fully saturated rings. The number of aromatic nitrogens is 1. The molecule has 7 heteroatoms. The van der Waals surface area contributed by atoms with E-state index in [4.69, 9.17) is 0 Å². The first-order chi connectivity index (χ1) is 8.93. The molecule has 1 atom stereocenters. The van der Waals surface area contributed by atoms with Crippen molar-refractivity contribution in [3.05, 3.63) is 24.1 Å². The molecule has 19 heavy (non-hydrogen) atoms. The summed E-state index contributed by atoms with van der Waals surface area (Å²) < 4.78 is 39.5. The van der Waals surface area contributed by atoms with E-state index in [0.717, 1.165) is 18.9 Å². The van der Waals surface area contributed by atoms with E-state index in [2.05, 4.69) is 27.8 Å². The van der Waals surface area contributed by atoms with Gasteiger partial charge in [-0.25, -0.2) is 17.8 Å². The SMILES string of the molecule is CC(Br)C1CCN(S(=O)(=O)c2ncccc2F)CC1. The Morgan fingerprint density at radius 3 is 2.63 bits per heavy atom. The van der Waals surface area contributed by atoms with Crippen molar-refractivity contribution in [3.8, 4) is 0 Å². The number of nitrogens with zero attached hydrogens (tertiary/aromatic N) is 2. The van der Waals surface area contributed by atoms with Gasteiger partial charge in [-0.15, -0.1) is 0 Å². The average molecular weight is 351 g/mol. The Balaban J connectivity index is 2.17. The molecule has 0 N–H and O–H groups in total. The van der Waals surface area contributed by atoms with Crippen LogP contribution in [-0.4, -0.2) is 35.6 Å². The Hall–Kier alpha value is -0.530. The van der Waals surface area contributed by atoms with E-state index in [1.54, 1.807) is 0 Å². The lowest BCUT2D eigenvalue weighted by atomic mass is 9.96. The molecule has 1 aromatic rings. The fraction of sp³-hybridized carbons (Fsp3) is 0.583. The quantitative estimate of drug-likeness (QED) is 0.786. The van der Waals surface area contributed by atoms with Gasteiger partial charge in [-0.1, -0.05) is 22.9 Å². The molecule has 1 saturated heterocycles. The maximum Gasteiger partial charge on any atom is 0.263 e. The standard InChI is InChI=1S/C12H16BrFN2O2S/c1-9(13)10-4-7-16(8-5-10)19(17,18)12-11(14)3-2-6-15-12/h2-3,6,9-10H,4-5,7-8H2,1H3. The Kier molecular flexibility index (Phi) is 4.58. The van der Waals surface area contributed by atoms with Gasteiger partial charge < -0.3 is 0 Å². The van der Waals surface area contributed by atoms with Crippen molar-refractivity contribution in [1.82, 2.24) is 9.29 Å². The number of halogens is 2. The minimum Gasteiger partial charge on any atom is -0.241 e. The molecule has 0 amide bonds. The van der Waals surface area contributed by atoms with Gasteiger partial charge in [0.05, 0.1) is 0 Å². The summed E-state index contributed by atoms with van der Waals surface area (Å²) in [6, 6.07) is 2.50. The van der Waals surface area contributed by atoms with Crippen LogP contribution in [0.25, 0.3) is 0 Å². The fourth-order valence-corrected chi connectivity index (χ4v) is 4.23. The molecule has 1 aliphatic heterocycles. The van der Waals surface area contributed by atoms with Gasteiger partial charge in [-0.05, 0) is 30.9 Å². The molecule has 0 radical (unpaired) electrons. The Bertz CT molecular complexity index is 542. The van der Waals surface area contributed by atoms with Crippen LogP contribution in [0.5, 0.6) is 0 Å². The third-order valence-corrected chi connectivity index (χ3v) is 6.04. The van der Waals surface area contributed by atoms with Crippen molar-refractivity contribution >= 4 is 26.0 Å². The zero-order valence-corrected chi connectivity index (χ0v) is 13.0. The molecule has 1 unspecified atom stereocenters. The third-order valence-electron chi connectivity index (χ3n) is 3.46. The molecule has 0 aliphatic carbocycles. The summed E-state index contributed by atoms with van der Waals surface area (Å²) in [5.41, 5.74) is 0. The van der Waals surface area contributed by atoms with Crippen LogP contribution in [0.1, 0.15) is 19.8 Å². The number of pyridine rings is 1. The maximum atomic E-state index is 13.6. The predicted molar refractivity (Wildman–Crippen MR) is 74.1 cm³/mol. The number of piperidine rings is 1. The number of sulfonamides is 1. The van der Waals surface area contributed by atoms with Crippen molar-refractivity contribution < 1.29 is 12.8 Å². The van der Waals surface area contributed by atoms with Gasteiger partial charge in [0.15, 0.2) is 5.82 Å². The number of hydrogen-bond donors (Lipinski definition) is 0. The van der Waals surface area contributed by atoms with Crippen LogP contribution in [0, 0.1) is 11.7 Å². The van der Waals surface area contributed by atoms with E-state index in [0.29, 0.717) is 23.8 Å². The molecule has 2 heterocycles. The van der Waals surface area contributed by atoms with Crippen LogP contribution in [0.15, 0.2) is 23.4 Å². The summed E-state index contributed by atoms with van der Waals surface area (Å²) in [7, 11) is -3.81. The van der Waals surface area contributed by atoms with Crippen LogP contribution in [0.2, 0.25) is 0 Å². The van der Waals surface area contributed by atoms with Crippen LogP contribution < -0.4 is 0 Å². The zero-order chi connectivity index (χ0) is 14.0. The topological polar surface area (TPSA) is 50.3 Å². The lowest BCUT2D eigenvalue weighted by Gasteiger charge is -2.32. The van der Waals surface area contributed by atoms with Crippen molar-refractivity contribution in [1.29, 1.82) is 0 Å². The van der Waals surface area contributed by atoms with Crippen LogP contribution >= 0.6 is 15.9 Å². The Morgan fingerprint density at radius 1 is 1.47 bits per heavy atom. The van der Waals surface area contributed by atoms with Crippen molar-refractivity contribution in [2.24, 2.45) is 5.92 Å². The molecular weight excluding hydrogens is 335 g/mol. The minimum absolute atomic E-state index is 0.365. The van der Waals surface area contributed by atoms with E-state index in [1.807, 2.05) is 0 Å². The van der Waals surface area contributed by atoms with Crippen molar-refractivity contribution in [2.45, 2.75) is 29.6 Å². The second-order valence-corrected chi connectivity index (χ2v) is 8.01. The molecule has 106 valence electrons. The first-order valence-corrected chi connectivity index (χ1v) is 8.53. The van der Waals surface area contributed by atoms with E-state index in [9.17, 15) is 12.8 Å². The summed E-state index contributed by atoms with van der Waals surface area (Å²) in [6.07, 6.45) is 2.85. The molecule has 0 saturated carbocycles. The average Bonchev–Trinajstić information content (AvgIpc) is 2.39. The van der Waals surface area contributed by atoms with Gasteiger partial charge in [0.1, 0.15) is 0 Å². The van der Waals surface area contributed by atoms with E-state index in [1.165, 1.54) is 16.6 Å². The maximum absolute atomic E-state index is 13.6. The van der Waals surface area contributed by atoms with Crippen molar-refractivity contribution in [2.75, 3.05) is 13.1 Å². The van der Waals surface area contributed by atoms with Gasteiger partial charge >= 0.3 is 0 Å². The second-order valence-electron chi connectivity index (χ2n) is 4.71. The first kappa shape index (κ1) is 14.9. The Morgan fingerprint density at radius 2 is 2.11 bits per heavy atom. The number of hydrogen-bond acceptors (Lipinski definition) is 3. The lowest BCUT2D eigenvalue weighted by molar-refractivity contribution is 0.273. The third kappa shape index (κ3) is 3.14. The molecule has 1 aliphatic rings. The summed E-state index contributed by atoms with van der Waals surface area (Å²) in [5, 5.41) is -0.472. The van der Waals surface area contributed by atoms with E-state index >= 15 is 0 Å². The highest BCUT2D eigenvalue weighted by molar-refractivity contribution is 9.09. The minimum atomic E-state index is -3.81. The molecule has 2 rings (SSSR count). The van der Waals surface area contributed by atoms with E-state index < -0.39 is 20.9 Å². The monoisotopic (exact) mass is 350 g/mol. The molecule has 0 spiro atoms. The van der Waals surface area contributed by atoms with Crippen LogP contribution in [-0.2, 0) is 10.0 Å².